The van der Waals surface area contributed by atoms with E-state index in [-0.39, 0.29) is 5.56 Å². The Balaban J connectivity index is 2.45. The molecule has 1 heterocycles. The van der Waals surface area contributed by atoms with Crippen molar-refractivity contribution in [3.8, 4) is 0 Å². The van der Waals surface area contributed by atoms with Gasteiger partial charge in [0.25, 0.3) is 0 Å². The molecular formula is C13H10Cl2N2O2. The molecule has 0 fully saturated rings. The lowest BCUT2D eigenvalue weighted by Gasteiger charge is -2.12. The molecule has 0 aliphatic carbocycles. The van der Waals surface area contributed by atoms with E-state index in [9.17, 15) is 4.79 Å². The van der Waals surface area contributed by atoms with E-state index in [1.165, 1.54) is 6.20 Å². The minimum absolute atomic E-state index is 0.0710. The highest BCUT2D eigenvalue weighted by molar-refractivity contribution is 6.43. The molecule has 0 saturated carbocycles. The summed E-state index contributed by atoms with van der Waals surface area (Å²) in [5.41, 5.74) is 1.73. The van der Waals surface area contributed by atoms with Crippen LogP contribution in [-0.2, 0) is 0 Å². The molecule has 0 aliphatic heterocycles. The largest absolute Gasteiger partial charge is 0.478 e. The topological polar surface area (TPSA) is 62.2 Å². The number of benzene rings is 1. The molecule has 0 radical (unpaired) electrons. The van der Waals surface area contributed by atoms with E-state index in [1.54, 1.807) is 31.2 Å². The van der Waals surface area contributed by atoms with Crippen molar-refractivity contribution in [2.45, 2.75) is 6.92 Å². The van der Waals surface area contributed by atoms with E-state index in [4.69, 9.17) is 28.3 Å². The van der Waals surface area contributed by atoms with Crippen molar-refractivity contribution in [1.82, 2.24) is 4.98 Å². The summed E-state index contributed by atoms with van der Waals surface area (Å²) in [6, 6.07) is 6.74. The van der Waals surface area contributed by atoms with Crippen LogP contribution in [-0.4, -0.2) is 16.1 Å². The van der Waals surface area contributed by atoms with Crippen LogP contribution < -0.4 is 5.32 Å². The number of nitrogens with one attached hydrogen (secondary N) is 1. The lowest BCUT2D eigenvalue weighted by molar-refractivity contribution is 0.0697. The van der Waals surface area contributed by atoms with Crippen molar-refractivity contribution in [1.29, 1.82) is 0 Å². The maximum absolute atomic E-state index is 11.1. The number of carboxylic acids is 1. The molecule has 2 aromatic rings. The summed E-state index contributed by atoms with van der Waals surface area (Å²) < 4.78 is 0. The fourth-order valence-corrected chi connectivity index (χ4v) is 1.93. The highest BCUT2D eigenvalue weighted by Gasteiger charge is 2.13. The minimum atomic E-state index is -1.06. The molecule has 0 aliphatic rings. The van der Waals surface area contributed by atoms with E-state index in [0.29, 0.717) is 27.1 Å². The van der Waals surface area contributed by atoms with E-state index in [1.807, 2.05) is 0 Å². The van der Waals surface area contributed by atoms with Crippen LogP contribution in [0.5, 0.6) is 0 Å². The second kappa shape index (κ2) is 5.47. The Kier molecular flexibility index (Phi) is 3.93. The van der Waals surface area contributed by atoms with Crippen molar-refractivity contribution in [3.05, 3.63) is 51.8 Å². The monoisotopic (exact) mass is 296 g/mol. The number of halogens is 2. The van der Waals surface area contributed by atoms with Gasteiger partial charge in [0, 0.05) is 11.9 Å². The van der Waals surface area contributed by atoms with Gasteiger partial charge >= 0.3 is 5.97 Å². The number of aryl methyl sites for hydroxylation is 1. The van der Waals surface area contributed by atoms with E-state index in [2.05, 4.69) is 10.3 Å². The second-order valence-corrected chi connectivity index (χ2v) is 4.69. The van der Waals surface area contributed by atoms with Crippen LogP contribution in [0.15, 0.2) is 30.5 Å². The number of aromatic carboxylic acids is 1. The Morgan fingerprint density at radius 3 is 2.74 bits per heavy atom. The maximum Gasteiger partial charge on any atom is 0.339 e. The second-order valence-electron chi connectivity index (χ2n) is 3.90. The number of hydrogen-bond donors (Lipinski definition) is 2. The number of carboxylic acid groups (broad SMARTS) is 1. The molecule has 6 heteroatoms. The molecule has 2 N–H and O–H groups in total. The molecule has 0 unspecified atom stereocenters. The van der Waals surface area contributed by atoms with Gasteiger partial charge in [-0.3, -0.25) is 4.98 Å². The highest BCUT2D eigenvalue weighted by atomic mass is 35.5. The van der Waals surface area contributed by atoms with Gasteiger partial charge in [-0.25, -0.2) is 4.79 Å². The smallest absolute Gasteiger partial charge is 0.339 e. The standard InChI is InChI=1S/C13H10Cl2N2O2/c1-7-5-11(8(6-16-7)13(18)19)17-10-4-2-3-9(14)12(10)15/h2-6H,1H3,(H,16,17)(H,18,19). The first-order chi connectivity index (χ1) is 8.99. The summed E-state index contributed by atoms with van der Waals surface area (Å²) >= 11 is 12.0. The van der Waals surface area contributed by atoms with Gasteiger partial charge in [-0.05, 0) is 25.1 Å². The fraction of sp³-hybridized carbons (Fsp3) is 0.0769. The quantitative estimate of drug-likeness (QED) is 0.893. The molecule has 0 bridgehead atoms. The average molecular weight is 297 g/mol. The molecule has 0 amide bonds. The third-order valence-electron chi connectivity index (χ3n) is 2.49. The molecular weight excluding hydrogens is 287 g/mol. The fourth-order valence-electron chi connectivity index (χ4n) is 1.58. The van der Waals surface area contributed by atoms with Gasteiger partial charge < -0.3 is 10.4 Å². The SMILES string of the molecule is Cc1cc(Nc2cccc(Cl)c2Cl)c(C(=O)O)cn1. The first-order valence-corrected chi connectivity index (χ1v) is 6.15. The Morgan fingerprint density at radius 1 is 1.32 bits per heavy atom. The van der Waals surface area contributed by atoms with Crippen LogP contribution in [0, 0.1) is 6.92 Å². The van der Waals surface area contributed by atoms with Crippen molar-refractivity contribution in [2.24, 2.45) is 0 Å². The normalized spacial score (nSPS) is 10.3. The molecule has 0 spiro atoms. The van der Waals surface area contributed by atoms with Crippen LogP contribution in [0.3, 0.4) is 0 Å². The maximum atomic E-state index is 11.1. The molecule has 1 aromatic carbocycles. The molecule has 19 heavy (non-hydrogen) atoms. The number of rotatable bonds is 3. The Hall–Kier alpha value is -1.78. The van der Waals surface area contributed by atoms with Gasteiger partial charge in [-0.1, -0.05) is 29.3 Å². The van der Waals surface area contributed by atoms with E-state index >= 15 is 0 Å². The Bertz CT molecular complexity index is 645. The molecule has 0 atom stereocenters. The first kappa shape index (κ1) is 13.6. The van der Waals surface area contributed by atoms with E-state index in [0.717, 1.165) is 0 Å². The molecule has 2 rings (SSSR count). The summed E-state index contributed by atoms with van der Waals surface area (Å²) in [5, 5.41) is 12.8. The lowest BCUT2D eigenvalue weighted by atomic mass is 10.2. The highest BCUT2D eigenvalue weighted by Crippen LogP contribution is 2.32. The van der Waals surface area contributed by atoms with Crippen LogP contribution in [0.4, 0.5) is 11.4 Å². The number of nitrogens with zero attached hydrogens (tertiary/aromatic N) is 1. The van der Waals surface area contributed by atoms with E-state index < -0.39 is 5.97 Å². The van der Waals surface area contributed by atoms with Crippen molar-refractivity contribution >= 4 is 40.5 Å². The molecule has 0 saturated heterocycles. The summed E-state index contributed by atoms with van der Waals surface area (Å²) in [4.78, 5) is 15.1. The number of carbonyl (C=O) groups is 1. The third-order valence-corrected chi connectivity index (χ3v) is 3.31. The summed E-state index contributed by atoms with van der Waals surface area (Å²) in [7, 11) is 0. The Morgan fingerprint density at radius 2 is 2.05 bits per heavy atom. The molecule has 98 valence electrons. The zero-order valence-electron chi connectivity index (χ0n) is 9.95. The van der Waals surface area contributed by atoms with Gasteiger partial charge in [0.05, 0.1) is 21.4 Å². The van der Waals surface area contributed by atoms with Gasteiger partial charge in [-0.15, -0.1) is 0 Å². The number of anilines is 2. The summed E-state index contributed by atoms with van der Waals surface area (Å²) in [5.74, 6) is -1.06. The third kappa shape index (κ3) is 2.97. The zero-order valence-corrected chi connectivity index (χ0v) is 11.5. The van der Waals surface area contributed by atoms with Gasteiger partial charge in [0.2, 0.25) is 0 Å². The first-order valence-electron chi connectivity index (χ1n) is 5.40. The predicted octanol–water partition coefficient (Wildman–Crippen LogP) is 4.14. The van der Waals surface area contributed by atoms with Crippen molar-refractivity contribution < 1.29 is 9.90 Å². The van der Waals surface area contributed by atoms with Crippen molar-refractivity contribution in [3.63, 3.8) is 0 Å². The molecule has 4 nitrogen and oxygen atoms in total. The predicted molar refractivity (Wildman–Crippen MR) is 75.7 cm³/mol. The summed E-state index contributed by atoms with van der Waals surface area (Å²) in [6.45, 7) is 1.77. The minimum Gasteiger partial charge on any atom is -0.478 e. The number of hydrogen-bond acceptors (Lipinski definition) is 3. The zero-order chi connectivity index (χ0) is 14.0. The van der Waals surface area contributed by atoms with Crippen LogP contribution in [0.2, 0.25) is 10.0 Å². The van der Waals surface area contributed by atoms with Crippen LogP contribution in [0.1, 0.15) is 16.1 Å². The number of pyridine rings is 1. The summed E-state index contributed by atoms with van der Waals surface area (Å²) in [6.07, 6.45) is 1.30. The van der Waals surface area contributed by atoms with Gasteiger partial charge in [-0.2, -0.15) is 0 Å². The lowest BCUT2D eigenvalue weighted by Crippen LogP contribution is -2.04. The van der Waals surface area contributed by atoms with Crippen LogP contribution >= 0.6 is 23.2 Å². The molecule has 1 aromatic heterocycles. The van der Waals surface area contributed by atoms with Gasteiger partial charge in [0.15, 0.2) is 0 Å². The Labute approximate surface area is 120 Å². The van der Waals surface area contributed by atoms with Crippen LogP contribution in [0.25, 0.3) is 0 Å². The number of aromatic nitrogens is 1. The van der Waals surface area contributed by atoms with Gasteiger partial charge in [0.1, 0.15) is 5.56 Å². The average Bonchev–Trinajstić information content (AvgIpc) is 2.35. The van der Waals surface area contributed by atoms with Crippen molar-refractivity contribution in [2.75, 3.05) is 5.32 Å².